The molecule has 1 fully saturated rings. The predicted octanol–water partition coefficient (Wildman–Crippen LogP) is 2.94. The Morgan fingerprint density at radius 3 is 2.59 bits per heavy atom. The lowest BCUT2D eigenvalue weighted by molar-refractivity contribution is -0.384. The number of ether oxygens (including phenoxy) is 1. The van der Waals surface area contributed by atoms with Crippen molar-refractivity contribution >= 4 is 11.4 Å². The van der Waals surface area contributed by atoms with E-state index >= 15 is 0 Å². The van der Waals surface area contributed by atoms with E-state index in [1.807, 2.05) is 11.0 Å². The number of non-ortho nitro benzene ring substituents is 1. The fourth-order valence-electron chi connectivity index (χ4n) is 3.26. The molecule has 0 radical (unpaired) electrons. The summed E-state index contributed by atoms with van der Waals surface area (Å²) in [5, 5.41) is 20.2. The molecule has 1 heterocycles. The lowest BCUT2D eigenvalue weighted by atomic mass is 10.1. The zero-order valence-corrected chi connectivity index (χ0v) is 14.9. The van der Waals surface area contributed by atoms with Gasteiger partial charge < -0.3 is 9.64 Å². The standard InChI is InChI=1S/C19H19FN4O3/c1-27-19-5-2-16(20)10-15(19)13-22-6-8-23(9-7-22)18-4-3-17(24(25)26)11-14(18)12-21/h2-5,10-11H,6-9,13H2,1H3. The van der Waals surface area contributed by atoms with E-state index in [2.05, 4.69) is 4.90 Å². The van der Waals surface area contributed by atoms with Crippen molar-refractivity contribution in [3.05, 3.63) is 63.5 Å². The van der Waals surface area contributed by atoms with E-state index in [1.165, 1.54) is 24.3 Å². The number of rotatable bonds is 5. The zero-order chi connectivity index (χ0) is 19.4. The number of halogens is 1. The highest BCUT2D eigenvalue weighted by molar-refractivity contribution is 5.63. The maximum atomic E-state index is 13.5. The number of nitrogens with zero attached hydrogens (tertiary/aromatic N) is 4. The van der Waals surface area contributed by atoms with Crippen molar-refractivity contribution in [1.29, 1.82) is 5.26 Å². The molecule has 1 saturated heterocycles. The first-order chi connectivity index (χ1) is 13.0. The highest BCUT2D eigenvalue weighted by atomic mass is 19.1. The van der Waals surface area contributed by atoms with Gasteiger partial charge in [0, 0.05) is 50.4 Å². The summed E-state index contributed by atoms with van der Waals surface area (Å²) in [6.07, 6.45) is 0. The van der Waals surface area contributed by atoms with Gasteiger partial charge in [0.2, 0.25) is 0 Å². The van der Waals surface area contributed by atoms with Crippen molar-refractivity contribution in [2.24, 2.45) is 0 Å². The van der Waals surface area contributed by atoms with Gasteiger partial charge in [-0.2, -0.15) is 5.26 Å². The molecule has 3 rings (SSSR count). The van der Waals surface area contributed by atoms with Gasteiger partial charge in [-0.1, -0.05) is 0 Å². The fraction of sp³-hybridized carbons (Fsp3) is 0.316. The van der Waals surface area contributed by atoms with Crippen molar-refractivity contribution in [2.45, 2.75) is 6.54 Å². The summed E-state index contributed by atoms with van der Waals surface area (Å²) >= 11 is 0. The van der Waals surface area contributed by atoms with Crippen molar-refractivity contribution in [1.82, 2.24) is 4.90 Å². The summed E-state index contributed by atoms with van der Waals surface area (Å²) in [5.41, 5.74) is 1.70. The molecule has 0 unspecified atom stereocenters. The molecular formula is C19H19FN4O3. The number of nitro groups is 1. The summed E-state index contributed by atoms with van der Waals surface area (Å²) in [7, 11) is 1.56. The summed E-state index contributed by atoms with van der Waals surface area (Å²) in [6, 6.07) is 10.9. The highest BCUT2D eigenvalue weighted by Crippen LogP contribution is 2.27. The molecule has 1 aliphatic rings. The molecule has 0 spiro atoms. The van der Waals surface area contributed by atoms with Crippen LogP contribution in [0.3, 0.4) is 0 Å². The van der Waals surface area contributed by atoms with Gasteiger partial charge in [0.05, 0.1) is 23.3 Å². The van der Waals surface area contributed by atoms with Gasteiger partial charge in [0.1, 0.15) is 17.6 Å². The quantitative estimate of drug-likeness (QED) is 0.594. The number of anilines is 1. The molecule has 140 valence electrons. The number of hydrogen-bond acceptors (Lipinski definition) is 6. The van der Waals surface area contributed by atoms with E-state index in [1.54, 1.807) is 19.2 Å². The van der Waals surface area contributed by atoms with Crippen LogP contribution in [0, 0.1) is 27.3 Å². The van der Waals surface area contributed by atoms with Gasteiger partial charge in [-0.3, -0.25) is 15.0 Å². The monoisotopic (exact) mass is 370 g/mol. The largest absolute Gasteiger partial charge is 0.496 e. The molecule has 8 heteroatoms. The molecule has 7 nitrogen and oxygen atoms in total. The van der Waals surface area contributed by atoms with Crippen LogP contribution in [-0.4, -0.2) is 43.1 Å². The Balaban J connectivity index is 1.68. The minimum Gasteiger partial charge on any atom is -0.496 e. The Labute approximate surface area is 156 Å². The summed E-state index contributed by atoms with van der Waals surface area (Å²) in [6.45, 7) is 3.36. The van der Waals surface area contributed by atoms with Crippen LogP contribution >= 0.6 is 0 Å². The third-order valence-electron chi connectivity index (χ3n) is 4.66. The number of methoxy groups -OCH3 is 1. The summed E-state index contributed by atoms with van der Waals surface area (Å²) in [5.74, 6) is 0.356. The third-order valence-corrected chi connectivity index (χ3v) is 4.66. The lowest BCUT2D eigenvalue weighted by Gasteiger charge is -2.36. The molecule has 0 bridgehead atoms. The number of nitriles is 1. The van der Waals surface area contributed by atoms with Crippen LogP contribution in [0.2, 0.25) is 0 Å². The molecule has 0 amide bonds. The van der Waals surface area contributed by atoms with Gasteiger partial charge in [0.25, 0.3) is 5.69 Å². The number of benzene rings is 2. The van der Waals surface area contributed by atoms with Crippen LogP contribution in [0.15, 0.2) is 36.4 Å². The molecule has 27 heavy (non-hydrogen) atoms. The average Bonchev–Trinajstić information content (AvgIpc) is 2.68. The fourth-order valence-corrected chi connectivity index (χ4v) is 3.26. The van der Waals surface area contributed by atoms with E-state index in [9.17, 15) is 19.8 Å². The molecule has 0 aliphatic carbocycles. The van der Waals surface area contributed by atoms with Crippen molar-refractivity contribution in [3.63, 3.8) is 0 Å². The van der Waals surface area contributed by atoms with E-state index in [4.69, 9.17) is 4.74 Å². The van der Waals surface area contributed by atoms with E-state index in [-0.39, 0.29) is 11.5 Å². The van der Waals surface area contributed by atoms with Crippen LogP contribution in [0.4, 0.5) is 15.8 Å². The third kappa shape index (κ3) is 4.15. The Hall–Kier alpha value is -3.18. The van der Waals surface area contributed by atoms with Crippen molar-refractivity contribution in [3.8, 4) is 11.8 Å². The lowest BCUT2D eigenvalue weighted by Crippen LogP contribution is -2.46. The zero-order valence-electron chi connectivity index (χ0n) is 14.9. The highest BCUT2D eigenvalue weighted by Gasteiger charge is 2.22. The average molecular weight is 370 g/mol. The van der Waals surface area contributed by atoms with Crippen LogP contribution in [0.1, 0.15) is 11.1 Å². The molecule has 2 aromatic carbocycles. The topological polar surface area (TPSA) is 82.6 Å². The molecule has 0 N–H and O–H groups in total. The van der Waals surface area contributed by atoms with Gasteiger partial charge in [0.15, 0.2) is 0 Å². The Bertz CT molecular complexity index is 889. The summed E-state index contributed by atoms with van der Waals surface area (Å²) < 4.78 is 18.8. The van der Waals surface area contributed by atoms with E-state index in [0.29, 0.717) is 36.6 Å². The first kappa shape index (κ1) is 18.6. The number of piperazine rings is 1. The van der Waals surface area contributed by atoms with Gasteiger partial charge >= 0.3 is 0 Å². The first-order valence-corrected chi connectivity index (χ1v) is 8.50. The molecule has 1 aliphatic heterocycles. The van der Waals surface area contributed by atoms with Gasteiger partial charge in [-0.05, 0) is 24.3 Å². The van der Waals surface area contributed by atoms with Gasteiger partial charge in [-0.15, -0.1) is 0 Å². The maximum absolute atomic E-state index is 13.5. The van der Waals surface area contributed by atoms with Crippen LogP contribution in [0.25, 0.3) is 0 Å². The van der Waals surface area contributed by atoms with E-state index < -0.39 is 4.92 Å². The van der Waals surface area contributed by atoms with E-state index in [0.717, 1.165) is 18.7 Å². The van der Waals surface area contributed by atoms with Crippen molar-refractivity contribution < 1.29 is 14.1 Å². The molecular weight excluding hydrogens is 351 g/mol. The second kappa shape index (κ2) is 8.01. The normalized spacial score (nSPS) is 14.6. The SMILES string of the molecule is COc1ccc(F)cc1CN1CCN(c2ccc([N+](=O)[O-])cc2C#N)CC1. The minimum absolute atomic E-state index is 0.0906. The van der Waals surface area contributed by atoms with Crippen LogP contribution in [0.5, 0.6) is 5.75 Å². The van der Waals surface area contributed by atoms with Crippen LogP contribution < -0.4 is 9.64 Å². The Morgan fingerprint density at radius 1 is 1.22 bits per heavy atom. The summed E-state index contributed by atoms with van der Waals surface area (Å²) in [4.78, 5) is 14.6. The minimum atomic E-state index is -0.505. The maximum Gasteiger partial charge on any atom is 0.270 e. The van der Waals surface area contributed by atoms with Gasteiger partial charge in [-0.25, -0.2) is 4.39 Å². The predicted molar refractivity (Wildman–Crippen MR) is 98.3 cm³/mol. The Kier molecular flexibility index (Phi) is 5.52. The van der Waals surface area contributed by atoms with Crippen LogP contribution in [-0.2, 0) is 6.54 Å². The van der Waals surface area contributed by atoms with Crippen molar-refractivity contribution in [2.75, 3.05) is 38.2 Å². The molecule has 0 aromatic heterocycles. The number of nitro benzene ring substituents is 1. The molecule has 2 aromatic rings. The second-order valence-corrected chi connectivity index (χ2v) is 6.29. The first-order valence-electron chi connectivity index (χ1n) is 8.50. The number of hydrogen-bond donors (Lipinski definition) is 0. The molecule has 0 atom stereocenters. The second-order valence-electron chi connectivity index (χ2n) is 6.29. The molecule has 0 saturated carbocycles. The Morgan fingerprint density at radius 2 is 1.96 bits per heavy atom. The smallest absolute Gasteiger partial charge is 0.270 e.